The van der Waals surface area contributed by atoms with E-state index < -0.39 is 0 Å². The van der Waals surface area contributed by atoms with Gasteiger partial charge in [-0.15, -0.1) is 11.3 Å². The summed E-state index contributed by atoms with van der Waals surface area (Å²) in [6.07, 6.45) is 6.08. The second-order valence-corrected chi connectivity index (χ2v) is 7.67. The normalized spacial score (nSPS) is 24.8. The average Bonchev–Trinajstić information content (AvgIpc) is 3.33. The van der Waals surface area contributed by atoms with Gasteiger partial charge in [-0.25, -0.2) is 9.97 Å². The first-order valence-corrected chi connectivity index (χ1v) is 9.31. The topological polar surface area (TPSA) is 78.0 Å². The van der Waals surface area contributed by atoms with Crippen LogP contribution in [0.4, 0.5) is 0 Å². The molecule has 1 amide bonds. The number of likely N-dealkylation sites (N-methyl/N-ethyl adjacent to an activating group) is 1. The molecule has 24 heavy (non-hydrogen) atoms. The molecule has 4 heterocycles. The lowest BCUT2D eigenvalue weighted by Crippen LogP contribution is -2.47. The van der Waals surface area contributed by atoms with Gasteiger partial charge in [-0.2, -0.15) is 5.10 Å². The van der Waals surface area contributed by atoms with Gasteiger partial charge in [0.1, 0.15) is 11.2 Å². The Morgan fingerprint density at radius 1 is 1.29 bits per heavy atom. The zero-order valence-electron chi connectivity index (χ0n) is 14.0. The van der Waals surface area contributed by atoms with Crippen LogP contribution in [0.3, 0.4) is 0 Å². The first-order chi connectivity index (χ1) is 11.6. The summed E-state index contributed by atoms with van der Waals surface area (Å²) in [4.78, 5) is 27.0. The highest BCUT2D eigenvalue weighted by Gasteiger charge is 2.39. The fraction of sp³-hybridized carbons (Fsp3) is 0.625. The Bertz CT molecular complexity index is 727. The maximum atomic E-state index is 13.2. The van der Waals surface area contributed by atoms with Crippen LogP contribution < -0.4 is 0 Å². The SMILES string of the molecule is Cc1nc(-c2ncn[nH]2)sc1C(=O)N1CCCC1C1CCCN1C. The lowest BCUT2D eigenvalue weighted by Gasteiger charge is -2.33. The molecule has 2 aliphatic heterocycles. The van der Waals surface area contributed by atoms with Crippen molar-refractivity contribution in [3.63, 3.8) is 0 Å². The van der Waals surface area contributed by atoms with E-state index in [2.05, 4.69) is 37.0 Å². The molecular formula is C16H22N6OS. The van der Waals surface area contributed by atoms with E-state index in [4.69, 9.17) is 0 Å². The van der Waals surface area contributed by atoms with Crippen molar-refractivity contribution in [3.8, 4) is 10.8 Å². The first kappa shape index (κ1) is 15.7. The van der Waals surface area contributed by atoms with Crippen LogP contribution in [-0.4, -0.2) is 68.1 Å². The van der Waals surface area contributed by atoms with Gasteiger partial charge in [0.25, 0.3) is 5.91 Å². The number of aryl methyl sites for hydroxylation is 1. The van der Waals surface area contributed by atoms with Gasteiger partial charge in [0, 0.05) is 18.6 Å². The largest absolute Gasteiger partial charge is 0.333 e. The lowest BCUT2D eigenvalue weighted by molar-refractivity contribution is 0.0668. The lowest BCUT2D eigenvalue weighted by atomic mass is 10.0. The van der Waals surface area contributed by atoms with Crippen LogP contribution in [0.5, 0.6) is 0 Å². The van der Waals surface area contributed by atoms with E-state index in [0.29, 0.717) is 17.9 Å². The maximum Gasteiger partial charge on any atom is 0.266 e. The second kappa shape index (κ2) is 6.25. The van der Waals surface area contributed by atoms with Gasteiger partial charge in [0.15, 0.2) is 10.8 Å². The van der Waals surface area contributed by atoms with Crippen molar-refractivity contribution in [1.29, 1.82) is 0 Å². The minimum absolute atomic E-state index is 0.124. The van der Waals surface area contributed by atoms with Crippen molar-refractivity contribution >= 4 is 17.2 Å². The number of amides is 1. The highest BCUT2D eigenvalue weighted by Crippen LogP contribution is 2.33. The van der Waals surface area contributed by atoms with E-state index in [9.17, 15) is 4.79 Å². The molecule has 0 aliphatic carbocycles. The summed E-state index contributed by atoms with van der Waals surface area (Å²) in [6, 6.07) is 0.832. The van der Waals surface area contributed by atoms with Gasteiger partial charge in [0.05, 0.1) is 5.69 Å². The molecule has 8 heteroatoms. The van der Waals surface area contributed by atoms with E-state index in [1.165, 1.54) is 30.5 Å². The number of carbonyl (C=O) groups excluding carboxylic acids is 1. The minimum atomic E-state index is 0.124. The number of H-pyrrole nitrogens is 1. The molecular weight excluding hydrogens is 324 g/mol. The van der Waals surface area contributed by atoms with Gasteiger partial charge in [-0.1, -0.05) is 0 Å². The number of thiazole rings is 1. The molecule has 128 valence electrons. The number of nitrogens with zero attached hydrogens (tertiary/aromatic N) is 5. The molecule has 2 aromatic rings. The predicted molar refractivity (Wildman–Crippen MR) is 91.9 cm³/mol. The molecule has 0 aromatic carbocycles. The highest BCUT2D eigenvalue weighted by atomic mass is 32.1. The monoisotopic (exact) mass is 346 g/mol. The fourth-order valence-corrected chi connectivity index (χ4v) is 4.97. The summed E-state index contributed by atoms with van der Waals surface area (Å²) in [7, 11) is 2.18. The quantitative estimate of drug-likeness (QED) is 0.919. The van der Waals surface area contributed by atoms with E-state index in [1.807, 2.05) is 6.92 Å². The Hall–Kier alpha value is -1.80. The average molecular weight is 346 g/mol. The molecule has 2 atom stereocenters. The van der Waals surface area contributed by atoms with Crippen molar-refractivity contribution in [2.24, 2.45) is 0 Å². The molecule has 0 spiro atoms. The Labute approximate surface area is 145 Å². The van der Waals surface area contributed by atoms with Crippen molar-refractivity contribution < 1.29 is 4.79 Å². The first-order valence-electron chi connectivity index (χ1n) is 8.49. The van der Waals surface area contributed by atoms with Crippen molar-refractivity contribution in [2.45, 2.75) is 44.7 Å². The zero-order chi connectivity index (χ0) is 16.7. The van der Waals surface area contributed by atoms with Crippen LogP contribution in [0.2, 0.25) is 0 Å². The summed E-state index contributed by atoms with van der Waals surface area (Å²) >= 11 is 1.41. The summed E-state index contributed by atoms with van der Waals surface area (Å²) < 4.78 is 0. The molecule has 2 aliphatic rings. The second-order valence-electron chi connectivity index (χ2n) is 6.67. The molecule has 4 rings (SSSR count). The third kappa shape index (κ3) is 2.63. The minimum Gasteiger partial charge on any atom is -0.333 e. The number of aromatic amines is 1. The number of rotatable bonds is 3. The van der Waals surface area contributed by atoms with E-state index in [1.54, 1.807) is 0 Å². The van der Waals surface area contributed by atoms with Gasteiger partial charge in [0.2, 0.25) is 0 Å². The molecule has 0 saturated carbocycles. The van der Waals surface area contributed by atoms with Gasteiger partial charge in [-0.3, -0.25) is 9.89 Å². The Balaban J connectivity index is 1.59. The Morgan fingerprint density at radius 3 is 2.79 bits per heavy atom. The van der Waals surface area contributed by atoms with Crippen LogP contribution >= 0.6 is 11.3 Å². The standard InChI is InChI=1S/C16H22N6OS/c1-10-13(24-15(19-10)14-17-9-18-20-14)16(23)22-8-4-6-12(22)11-5-3-7-21(11)2/h9,11-12H,3-8H2,1-2H3,(H,17,18,20). The Kier molecular flexibility index (Phi) is 4.09. The number of hydrogen-bond acceptors (Lipinski definition) is 6. The van der Waals surface area contributed by atoms with E-state index >= 15 is 0 Å². The molecule has 7 nitrogen and oxygen atoms in total. The van der Waals surface area contributed by atoms with Crippen LogP contribution in [0, 0.1) is 6.92 Å². The Morgan fingerprint density at radius 2 is 2.08 bits per heavy atom. The van der Waals surface area contributed by atoms with Crippen molar-refractivity contribution in [3.05, 3.63) is 16.9 Å². The fourth-order valence-electron chi connectivity index (χ4n) is 4.00. The maximum absolute atomic E-state index is 13.2. The molecule has 2 fully saturated rings. The van der Waals surface area contributed by atoms with Crippen LogP contribution in [0.1, 0.15) is 41.0 Å². The molecule has 2 aromatic heterocycles. The third-order valence-corrected chi connectivity index (χ3v) is 6.34. The van der Waals surface area contributed by atoms with E-state index in [-0.39, 0.29) is 5.91 Å². The molecule has 2 unspecified atom stereocenters. The molecule has 0 radical (unpaired) electrons. The van der Waals surface area contributed by atoms with Gasteiger partial charge in [-0.05, 0) is 46.2 Å². The van der Waals surface area contributed by atoms with Crippen molar-refractivity contribution in [2.75, 3.05) is 20.1 Å². The summed E-state index contributed by atoms with van der Waals surface area (Å²) in [5, 5.41) is 7.40. The number of likely N-dealkylation sites (tertiary alicyclic amines) is 2. The van der Waals surface area contributed by atoms with Crippen LogP contribution in [0.15, 0.2) is 6.33 Å². The number of aromatic nitrogens is 4. The third-order valence-electron chi connectivity index (χ3n) is 5.19. The highest BCUT2D eigenvalue weighted by molar-refractivity contribution is 7.17. The molecule has 1 N–H and O–H groups in total. The smallest absolute Gasteiger partial charge is 0.266 e. The summed E-state index contributed by atoms with van der Waals surface area (Å²) in [5.74, 6) is 0.745. The predicted octanol–water partition coefficient (Wildman–Crippen LogP) is 1.94. The number of carbonyl (C=O) groups is 1. The van der Waals surface area contributed by atoms with Gasteiger partial charge >= 0.3 is 0 Å². The van der Waals surface area contributed by atoms with Crippen molar-refractivity contribution in [1.82, 2.24) is 30.0 Å². The van der Waals surface area contributed by atoms with Gasteiger partial charge < -0.3 is 9.80 Å². The van der Waals surface area contributed by atoms with Crippen LogP contribution in [0.25, 0.3) is 10.8 Å². The van der Waals surface area contributed by atoms with Crippen LogP contribution in [-0.2, 0) is 0 Å². The molecule has 2 saturated heterocycles. The zero-order valence-corrected chi connectivity index (χ0v) is 14.8. The summed E-state index contributed by atoms with van der Waals surface area (Å²) in [5.41, 5.74) is 0.779. The molecule has 0 bridgehead atoms. The number of hydrogen-bond donors (Lipinski definition) is 1. The van der Waals surface area contributed by atoms with E-state index in [0.717, 1.165) is 41.5 Å². The summed E-state index contributed by atoms with van der Waals surface area (Å²) in [6.45, 7) is 3.89. The number of nitrogens with one attached hydrogen (secondary N) is 1.